The van der Waals surface area contributed by atoms with E-state index < -0.39 is 26.5 Å². The van der Waals surface area contributed by atoms with Gasteiger partial charge in [-0.15, -0.1) is 5.06 Å². The standard InChI is InChI=1S/C21H28N6O7S/c1-21(2,3)33-20(28)34-26-11-9-15(10-12-26)25-19-17(27(29)30)18(22-13-23-19)24-14-5-7-16(8-6-14)35(4,31)32/h5-8,13,15H,9-12H2,1-4H3,(H2,22,23,24,25). The van der Waals surface area contributed by atoms with E-state index >= 15 is 0 Å². The van der Waals surface area contributed by atoms with Crippen molar-refractivity contribution in [2.75, 3.05) is 30.0 Å². The molecule has 1 fully saturated rings. The van der Waals surface area contributed by atoms with E-state index in [0.717, 1.165) is 6.26 Å². The number of sulfone groups is 1. The highest BCUT2D eigenvalue weighted by molar-refractivity contribution is 7.90. The number of nitrogens with zero attached hydrogens (tertiary/aromatic N) is 4. The molecule has 1 aromatic heterocycles. The molecule has 14 heteroatoms. The zero-order valence-corrected chi connectivity index (χ0v) is 20.7. The Bertz CT molecular complexity index is 1170. The average molecular weight is 509 g/mol. The number of anilines is 3. The number of hydrogen-bond acceptors (Lipinski definition) is 12. The highest BCUT2D eigenvalue weighted by Crippen LogP contribution is 2.32. The second-order valence-electron chi connectivity index (χ2n) is 9.00. The smallest absolute Gasteiger partial charge is 0.427 e. The van der Waals surface area contributed by atoms with Gasteiger partial charge >= 0.3 is 11.8 Å². The van der Waals surface area contributed by atoms with Crippen molar-refractivity contribution in [1.82, 2.24) is 15.0 Å². The second-order valence-corrected chi connectivity index (χ2v) is 11.0. The Morgan fingerprint density at radius 1 is 1.14 bits per heavy atom. The summed E-state index contributed by atoms with van der Waals surface area (Å²) in [4.78, 5) is 36.5. The Morgan fingerprint density at radius 3 is 2.29 bits per heavy atom. The molecular formula is C21H28N6O7S. The molecule has 190 valence electrons. The lowest BCUT2D eigenvalue weighted by Gasteiger charge is -2.31. The molecule has 0 bridgehead atoms. The molecule has 2 heterocycles. The fraction of sp³-hybridized carbons (Fsp3) is 0.476. The lowest BCUT2D eigenvalue weighted by atomic mass is 10.1. The average Bonchev–Trinajstić information content (AvgIpc) is 2.73. The first-order valence-electron chi connectivity index (χ1n) is 10.8. The van der Waals surface area contributed by atoms with Crippen molar-refractivity contribution >= 4 is 39.0 Å². The van der Waals surface area contributed by atoms with E-state index in [1.54, 1.807) is 20.8 Å². The molecule has 0 radical (unpaired) electrons. The Morgan fingerprint density at radius 2 is 1.74 bits per heavy atom. The molecule has 0 atom stereocenters. The number of carbonyl (C=O) groups is 1. The normalized spacial score (nSPS) is 15.3. The van der Waals surface area contributed by atoms with Gasteiger partial charge in [-0.3, -0.25) is 10.1 Å². The van der Waals surface area contributed by atoms with Gasteiger partial charge in [-0.2, -0.15) is 0 Å². The number of nitro groups is 1. The van der Waals surface area contributed by atoms with Crippen LogP contribution < -0.4 is 10.6 Å². The van der Waals surface area contributed by atoms with E-state index in [1.807, 2.05) is 0 Å². The second kappa shape index (κ2) is 10.4. The molecule has 0 saturated carbocycles. The molecule has 2 aromatic rings. The first-order chi connectivity index (χ1) is 16.3. The van der Waals surface area contributed by atoms with Crippen molar-refractivity contribution in [3.63, 3.8) is 0 Å². The first kappa shape index (κ1) is 26.1. The number of hydrogen-bond donors (Lipinski definition) is 2. The summed E-state index contributed by atoms with van der Waals surface area (Å²) in [6.45, 7) is 6.05. The quantitative estimate of drug-likeness (QED) is 0.319. The molecule has 1 aliphatic rings. The fourth-order valence-corrected chi connectivity index (χ4v) is 3.96. The van der Waals surface area contributed by atoms with Gasteiger partial charge < -0.3 is 20.2 Å². The van der Waals surface area contributed by atoms with Gasteiger partial charge in [-0.1, -0.05) is 0 Å². The van der Waals surface area contributed by atoms with E-state index in [4.69, 9.17) is 9.57 Å². The molecule has 13 nitrogen and oxygen atoms in total. The van der Waals surface area contributed by atoms with Crippen molar-refractivity contribution in [2.45, 2.75) is 50.2 Å². The van der Waals surface area contributed by atoms with Crippen molar-refractivity contribution in [2.24, 2.45) is 0 Å². The van der Waals surface area contributed by atoms with Gasteiger partial charge in [-0.05, 0) is 57.9 Å². The lowest BCUT2D eigenvalue weighted by molar-refractivity contribution is -0.383. The highest BCUT2D eigenvalue weighted by atomic mass is 32.2. The van der Waals surface area contributed by atoms with Crippen LogP contribution in [0.3, 0.4) is 0 Å². The minimum Gasteiger partial charge on any atom is -0.427 e. The van der Waals surface area contributed by atoms with Crippen molar-refractivity contribution in [1.29, 1.82) is 0 Å². The predicted octanol–water partition coefficient (Wildman–Crippen LogP) is 3.27. The van der Waals surface area contributed by atoms with Crippen molar-refractivity contribution < 1.29 is 27.7 Å². The maximum Gasteiger partial charge on any atom is 0.528 e. The maximum atomic E-state index is 11.8. The molecule has 0 amide bonds. The number of aromatic nitrogens is 2. The number of hydroxylamine groups is 2. The third-order valence-corrected chi connectivity index (χ3v) is 6.07. The molecule has 2 N–H and O–H groups in total. The first-order valence-corrected chi connectivity index (χ1v) is 12.7. The summed E-state index contributed by atoms with van der Waals surface area (Å²) in [5.41, 5.74) is -0.574. The Hall–Kier alpha value is -3.52. The van der Waals surface area contributed by atoms with Crippen LogP contribution in [0.5, 0.6) is 0 Å². The molecule has 3 rings (SSSR count). The number of piperidine rings is 1. The third-order valence-electron chi connectivity index (χ3n) is 4.94. The fourth-order valence-electron chi connectivity index (χ4n) is 3.33. The van der Waals surface area contributed by atoms with Crippen LogP contribution in [-0.2, 0) is 19.4 Å². The SMILES string of the molecule is CC(C)(C)OC(=O)ON1CCC(Nc2ncnc(Nc3ccc(S(C)(=O)=O)cc3)c2[N+](=O)[O-])CC1. The summed E-state index contributed by atoms with van der Waals surface area (Å²) in [7, 11) is -3.37. The van der Waals surface area contributed by atoms with Crippen LogP contribution in [0.25, 0.3) is 0 Å². The minimum absolute atomic E-state index is 0.0368. The van der Waals surface area contributed by atoms with E-state index in [9.17, 15) is 23.3 Å². The zero-order chi connectivity index (χ0) is 25.8. The summed E-state index contributed by atoms with van der Waals surface area (Å²) in [6.07, 6.45) is 2.59. The van der Waals surface area contributed by atoms with E-state index in [-0.39, 0.29) is 28.3 Å². The molecule has 0 aliphatic carbocycles. The van der Waals surface area contributed by atoms with Crippen LogP contribution in [0.1, 0.15) is 33.6 Å². The summed E-state index contributed by atoms with van der Waals surface area (Å²) in [5, 5.41) is 19.3. The molecule has 0 spiro atoms. The van der Waals surface area contributed by atoms with Crippen molar-refractivity contribution in [3.8, 4) is 0 Å². The van der Waals surface area contributed by atoms with Gasteiger partial charge in [0.1, 0.15) is 11.9 Å². The predicted molar refractivity (Wildman–Crippen MR) is 127 cm³/mol. The topological polar surface area (TPSA) is 166 Å². The van der Waals surface area contributed by atoms with Gasteiger partial charge in [0.05, 0.1) is 9.82 Å². The summed E-state index contributed by atoms with van der Waals surface area (Å²) >= 11 is 0. The number of rotatable bonds is 7. The number of nitrogens with one attached hydrogen (secondary N) is 2. The van der Waals surface area contributed by atoms with E-state index in [0.29, 0.717) is 31.6 Å². The number of carbonyl (C=O) groups excluding carboxylic acids is 1. The molecule has 35 heavy (non-hydrogen) atoms. The van der Waals surface area contributed by atoms with Gasteiger partial charge in [-0.25, -0.2) is 23.2 Å². The summed E-state index contributed by atoms with van der Waals surface area (Å²) < 4.78 is 28.4. The van der Waals surface area contributed by atoms with E-state index in [2.05, 4.69) is 20.6 Å². The summed E-state index contributed by atoms with van der Waals surface area (Å²) in [5.74, 6) is 0.0112. The van der Waals surface area contributed by atoms with Crippen LogP contribution in [0, 0.1) is 10.1 Å². The Kier molecular flexibility index (Phi) is 7.75. The van der Waals surface area contributed by atoms with E-state index in [1.165, 1.54) is 35.7 Å². The van der Waals surface area contributed by atoms with Crippen LogP contribution in [0.4, 0.5) is 27.8 Å². The van der Waals surface area contributed by atoms with Gasteiger partial charge in [0.15, 0.2) is 9.84 Å². The van der Waals surface area contributed by atoms with Crippen molar-refractivity contribution in [3.05, 3.63) is 40.7 Å². The van der Waals surface area contributed by atoms with Gasteiger partial charge in [0.2, 0.25) is 11.6 Å². The molecule has 1 saturated heterocycles. The number of benzene rings is 1. The zero-order valence-electron chi connectivity index (χ0n) is 19.8. The van der Waals surface area contributed by atoms with Gasteiger partial charge in [0.25, 0.3) is 0 Å². The largest absolute Gasteiger partial charge is 0.528 e. The lowest BCUT2D eigenvalue weighted by Crippen LogP contribution is -2.41. The third kappa shape index (κ3) is 7.48. The molecular weight excluding hydrogens is 480 g/mol. The van der Waals surface area contributed by atoms with Crippen LogP contribution >= 0.6 is 0 Å². The Labute approximate surface area is 202 Å². The van der Waals surface area contributed by atoms with Crippen LogP contribution in [0.15, 0.2) is 35.5 Å². The summed E-state index contributed by atoms with van der Waals surface area (Å²) in [6, 6.07) is 5.64. The minimum atomic E-state index is -3.37. The molecule has 0 unspecified atom stereocenters. The monoisotopic (exact) mass is 508 g/mol. The van der Waals surface area contributed by atoms with Crippen LogP contribution in [-0.4, -0.2) is 65.5 Å². The highest BCUT2D eigenvalue weighted by Gasteiger charge is 2.29. The number of ether oxygens (including phenoxy) is 1. The molecule has 1 aromatic carbocycles. The van der Waals surface area contributed by atoms with Gasteiger partial charge in [0, 0.05) is 31.1 Å². The van der Waals surface area contributed by atoms with Crippen LogP contribution in [0.2, 0.25) is 0 Å². The maximum absolute atomic E-state index is 11.8. The Balaban J connectivity index is 1.66. The molecule has 1 aliphatic heterocycles.